The van der Waals surface area contributed by atoms with Crippen molar-refractivity contribution in [2.24, 2.45) is 4.99 Å². The van der Waals surface area contributed by atoms with Crippen LogP contribution >= 0.6 is 15.9 Å². The van der Waals surface area contributed by atoms with Crippen molar-refractivity contribution in [1.82, 2.24) is 4.90 Å². The molecule has 4 nitrogen and oxygen atoms in total. The fraction of sp³-hybridized carbons (Fsp3) is 0.556. The zero-order valence-corrected chi connectivity index (χ0v) is 15.5. The lowest BCUT2D eigenvalue weighted by Gasteiger charge is -2.36. The molecule has 5 heteroatoms. The molecule has 0 aromatic heterocycles. The van der Waals surface area contributed by atoms with Crippen LogP contribution in [0.4, 0.5) is 10.5 Å². The highest BCUT2D eigenvalue weighted by atomic mass is 79.9. The lowest BCUT2D eigenvalue weighted by atomic mass is 9.95. The lowest BCUT2D eigenvalue weighted by molar-refractivity contribution is 0.0166. The second-order valence-electron chi connectivity index (χ2n) is 7.24. The molecule has 3 rings (SSSR count). The molecule has 0 N–H and O–H groups in total. The summed E-state index contributed by atoms with van der Waals surface area (Å²) in [5.41, 5.74) is 2.87. The molecule has 1 saturated heterocycles. The number of ether oxygens (including phenoxy) is 1. The topological polar surface area (TPSA) is 41.9 Å². The monoisotopic (exact) mass is 378 g/mol. The van der Waals surface area contributed by atoms with E-state index < -0.39 is 5.60 Å². The summed E-state index contributed by atoms with van der Waals surface area (Å²) in [5, 5.41) is 0. The number of halogens is 1. The molecule has 124 valence electrons. The molecule has 1 atom stereocenters. The predicted octanol–water partition coefficient (Wildman–Crippen LogP) is 4.87. The van der Waals surface area contributed by atoms with E-state index >= 15 is 0 Å². The van der Waals surface area contributed by atoms with Gasteiger partial charge in [0, 0.05) is 23.1 Å². The minimum Gasteiger partial charge on any atom is -0.444 e. The van der Waals surface area contributed by atoms with Gasteiger partial charge in [0.25, 0.3) is 0 Å². The highest BCUT2D eigenvalue weighted by Crippen LogP contribution is 2.33. The van der Waals surface area contributed by atoms with Crippen molar-refractivity contribution >= 4 is 33.4 Å². The highest BCUT2D eigenvalue weighted by molar-refractivity contribution is 9.10. The summed E-state index contributed by atoms with van der Waals surface area (Å²) in [5.74, 6) is 0. The molecule has 23 heavy (non-hydrogen) atoms. The highest BCUT2D eigenvalue weighted by Gasteiger charge is 2.35. The molecular formula is C18H23BrN2O2. The maximum Gasteiger partial charge on any atom is 0.410 e. The second kappa shape index (κ2) is 6.27. The first-order chi connectivity index (χ1) is 10.8. The zero-order valence-electron chi connectivity index (χ0n) is 13.9. The molecule has 0 aliphatic carbocycles. The molecule has 1 aromatic rings. The zero-order chi connectivity index (χ0) is 16.6. The molecule has 2 aliphatic rings. The average molecular weight is 379 g/mol. The van der Waals surface area contributed by atoms with E-state index in [0.29, 0.717) is 0 Å². The Kier molecular flexibility index (Phi) is 4.50. The van der Waals surface area contributed by atoms with Crippen LogP contribution in [-0.2, 0) is 11.2 Å². The number of carbonyl (C=O) groups is 1. The number of hydrogen-bond donors (Lipinski definition) is 0. The van der Waals surface area contributed by atoms with Crippen LogP contribution in [0.15, 0.2) is 27.7 Å². The van der Waals surface area contributed by atoms with Gasteiger partial charge in [0.1, 0.15) is 5.60 Å². The number of carbonyl (C=O) groups excluding carboxylic acids is 1. The Morgan fingerprint density at radius 1 is 1.35 bits per heavy atom. The summed E-state index contributed by atoms with van der Waals surface area (Å²) in [4.78, 5) is 19.2. The molecule has 1 fully saturated rings. The summed E-state index contributed by atoms with van der Waals surface area (Å²) in [7, 11) is 0. The molecule has 0 unspecified atom stereocenters. The van der Waals surface area contributed by atoms with Crippen molar-refractivity contribution in [2.75, 3.05) is 6.54 Å². The summed E-state index contributed by atoms with van der Waals surface area (Å²) in [6.45, 7) is 6.47. The maximum absolute atomic E-state index is 12.5. The van der Waals surface area contributed by atoms with E-state index in [-0.39, 0.29) is 12.1 Å². The second-order valence-corrected chi connectivity index (χ2v) is 8.15. The van der Waals surface area contributed by atoms with E-state index in [1.165, 1.54) is 5.56 Å². The summed E-state index contributed by atoms with van der Waals surface area (Å²) < 4.78 is 6.62. The number of fused-ring (bicyclic) bond motifs is 1. The standard InChI is InChI=1S/C18H23BrN2O2/c1-18(2,3)23-17(22)21-9-5-4-6-16(21)15-10-12-7-8-13(19)11-14(12)20-15/h7-8,11,16H,4-6,9-10H2,1-3H3/t16-/m0/s1. The van der Waals surface area contributed by atoms with Crippen molar-refractivity contribution in [3.63, 3.8) is 0 Å². The van der Waals surface area contributed by atoms with Gasteiger partial charge in [0.2, 0.25) is 0 Å². The number of aliphatic imine (C=N–C) groups is 1. The smallest absolute Gasteiger partial charge is 0.410 e. The van der Waals surface area contributed by atoms with E-state index in [1.807, 2.05) is 37.8 Å². The van der Waals surface area contributed by atoms with Gasteiger partial charge in [-0.1, -0.05) is 22.0 Å². The molecule has 2 aliphatic heterocycles. The van der Waals surface area contributed by atoms with Gasteiger partial charge in [0.05, 0.1) is 11.7 Å². The number of nitrogens with zero attached hydrogens (tertiary/aromatic N) is 2. The fourth-order valence-corrected chi connectivity index (χ4v) is 3.54. The number of rotatable bonds is 1. The van der Waals surface area contributed by atoms with Crippen molar-refractivity contribution in [3.8, 4) is 0 Å². The van der Waals surface area contributed by atoms with Gasteiger partial charge < -0.3 is 4.74 Å². The Labute approximate surface area is 146 Å². The van der Waals surface area contributed by atoms with Crippen LogP contribution in [0.3, 0.4) is 0 Å². The van der Waals surface area contributed by atoms with Crippen LogP contribution < -0.4 is 0 Å². The molecule has 1 amide bonds. The van der Waals surface area contributed by atoms with Gasteiger partial charge in [-0.15, -0.1) is 0 Å². The number of amides is 1. The Balaban J connectivity index is 1.80. The average Bonchev–Trinajstić information content (AvgIpc) is 2.88. The fourth-order valence-electron chi connectivity index (χ4n) is 3.19. The molecule has 0 saturated carbocycles. The van der Waals surface area contributed by atoms with Gasteiger partial charge in [-0.05, 0) is 57.7 Å². The van der Waals surface area contributed by atoms with Crippen molar-refractivity contribution < 1.29 is 9.53 Å². The van der Waals surface area contributed by atoms with Crippen LogP contribution in [0.1, 0.15) is 45.6 Å². The molecule has 1 aromatic carbocycles. The summed E-state index contributed by atoms with van der Waals surface area (Å²) >= 11 is 3.50. The van der Waals surface area contributed by atoms with Gasteiger partial charge in [-0.3, -0.25) is 9.89 Å². The van der Waals surface area contributed by atoms with Crippen LogP contribution in [0.5, 0.6) is 0 Å². The van der Waals surface area contributed by atoms with E-state index in [0.717, 1.165) is 48.1 Å². The van der Waals surface area contributed by atoms with E-state index in [4.69, 9.17) is 9.73 Å². The lowest BCUT2D eigenvalue weighted by Crippen LogP contribution is -2.49. The van der Waals surface area contributed by atoms with Gasteiger partial charge in [-0.2, -0.15) is 0 Å². The Morgan fingerprint density at radius 3 is 2.87 bits per heavy atom. The predicted molar refractivity (Wildman–Crippen MR) is 95.5 cm³/mol. The number of likely N-dealkylation sites (tertiary alicyclic amines) is 1. The molecule has 0 spiro atoms. The van der Waals surface area contributed by atoms with Crippen molar-refractivity contribution in [1.29, 1.82) is 0 Å². The first kappa shape index (κ1) is 16.5. The third-order valence-corrected chi connectivity index (χ3v) is 4.69. The van der Waals surface area contributed by atoms with Gasteiger partial charge in [0.15, 0.2) is 0 Å². The first-order valence-corrected chi connectivity index (χ1v) is 8.98. The van der Waals surface area contributed by atoms with Crippen LogP contribution in [0.2, 0.25) is 0 Å². The minimum absolute atomic E-state index is 0.0600. The Hall–Kier alpha value is -1.36. The van der Waals surface area contributed by atoms with Crippen LogP contribution in [0.25, 0.3) is 0 Å². The summed E-state index contributed by atoms with van der Waals surface area (Å²) in [6, 6.07) is 6.26. The van der Waals surface area contributed by atoms with Crippen molar-refractivity contribution in [3.05, 3.63) is 28.2 Å². The molecule has 2 heterocycles. The third kappa shape index (κ3) is 3.77. The number of hydrogen-bond acceptors (Lipinski definition) is 3. The largest absolute Gasteiger partial charge is 0.444 e. The van der Waals surface area contributed by atoms with E-state index in [1.54, 1.807) is 0 Å². The van der Waals surface area contributed by atoms with Crippen LogP contribution in [-0.4, -0.2) is 34.9 Å². The molecule has 0 bridgehead atoms. The SMILES string of the molecule is CC(C)(C)OC(=O)N1CCCC[C@H]1C1=Nc2cc(Br)ccc2C1. The quantitative estimate of drug-likeness (QED) is 0.699. The first-order valence-electron chi connectivity index (χ1n) is 8.19. The van der Waals surface area contributed by atoms with Crippen LogP contribution in [0, 0.1) is 0 Å². The normalized spacial score (nSPS) is 21.0. The Bertz CT molecular complexity index is 649. The van der Waals surface area contributed by atoms with Crippen molar-refractivity contribution in [2.45, 2.75) is 58.1 Å². The molecular weight excluding hydrogens is 356 g/mol. The Morgan fingerprint density at radius 2 is 2.13 bits per heavy atom. The third-order valence-electron chi connectivity index (χ3n) is 4.20. The van der Waals surface area contributed by atoms with E-state index in [9.17, 15) is 4.79 Å². The molecule has 0 radical (unpaired) electrons. The van der Waals surface area contributed by atoms with E-state index in [2.05, 4.69) is 22.0 Å². The maximum atomic E-state index is 12.5. The van der Waals surface area contributed by atoms with Gasteiger partial charge in [-0.25, -0.2) is 4.79 Å². The minimum atomic E-state index is -0.468. The summed E-state index contributed by atoms with van der Waals surface area (Å²) in [6.07, 6.45) is 3.73. The number of benzene rings is 1. The number of piperidine rings is 1. The van der Waals surface area contributed by atoms with Gasteiger partial charge >= 0.3 is 6.09 Å².